The normalized spacial score (nSPS) is 16.2. The Balaban J connectivity index is 1.48. The summed E-state index contributed by atoms with van der Waals surface area (Å²) in [6.07, 6.45) is 2.75. The minimum Gasteiger partial charge on any atom is -0.356 e. The van der Waals surface area contributed by atoms with E-state index in [1.165, 1.54) is 36.0 Å². The fraction of sp³-hybridized carbons (Fsp3) is 0.429. The van der Waals surface area contributed by atoms with E-state index in [2.05, 4.69) is 25.7 Å². The van der Waals surface area contributed by atoms with Crippen LogP contribution in [0.1, 0.15) is 26.2 Å². The van der Waals surface area contributed by atoms with Crippen LogP contribution in [0.2, 0.25) is 0 Å². The highest BCUT2D eigenvalue weighted by Crippen LogP contribution is 2.23. The summed E-state index contributed by atoms with van der Waals surface area (Å²) in [5.74, 6) is 0.441. The number of amides is 2. The molecule has 30 heavy (non-hydrogen) atoms. The third-order valence-corrected chi connectivity index (χ3v) is 5.69. The van der Waals surface area contributed by atoms with Gasteiger partial charge in [-0.15, -0.1) is 10.2 Å². The van der Waals surface area contributed by atoms with Crippen molar-refractivity contribution in [3.8, 4) is 0 Å². The van der Waals surface area contributed by atoms with Gasteiger partial charge in [0.15, 0.2) is 5.82 Å². The Morgan fingerprint density at radius 2 is 2.00 bits per heavy atom. The number of benzene rings is 1. The molecule has 7 nitrogen and oxygen atoms in total. The number of nitrogens with zero attached hydrogens (tertiary/aromatic N) is 3. The minimum atomic E-state index is -0.348. The molecule has 1 aromatic carbocycles. The predicted molar refractivity (Wildman–Crippen MR) is 116 cm³/mol. The SMILES string of the molecule is CCCNC(=O)C1CCCN(c2ccc(SCC(=O)Nc3ccc(F)cc3)nn2)C1. The van der Waals surface area contributed by atoms with E-state index < -0.39 is 0 Å². The first-order valence-corrected chi connectivity index (χ1v) is 11.1. The Kier molecular flexibility index (Phi) is 8.01. The van der Waals surface area contributed by atoms with E-state index in [1.807, 2.05) is 19.1 Å². The summed E-state index contributed by atoms with van der Waals surface area (Å²) in [4.78, 5) is 26.4. The second-order valence-corrected chi connectivity index (χ2v) is 8.15. The molecule has 0 radical (unpaired) electrons. The minimum absolute atomic E-state index is 0.0312. The maximum absolute atomic E-state index is 12.9. The van der Waals surface area contributed by atoms with Crippen molar-refractivity contribution >= 4 is 35.1 Å². The van der Waals surface area contributed by atoms with Gasteiger partial charge in [-0.2, -0.15) is 0 Å². The predicted octanol–water partition coefficient (Wildman–Crippen LogP) is 3.09. The first-order chi connectivity index (χ1) is 14.5. The third kappa shape index (κ3) is 6.41. The van der Waals surface area contributed by atoms with Crippen molar-refractivity contribution in [3.63, 3.8) is 0 Å². The number of aromatic nitrogens is 2. The molecule has 2 N–H and O–H groups in total. The molecule has 0 bridgehead atoms. The van der Waals surface area contributed by atoms with Gasteiger partial charge in [0, 0.05) is 25.3 Å². The molecule has 1 fully saturated rings. The van der Waals surface area contributed by atoms with Crippen LogP contribution in [-0.2, 0) is 9.59 Å². The van der Waals surface area contributed by atoms with E-state index >= 15 is 0 Å². The average Bonchev–Trinajstić information content (AvgIpc) is 2.78. The lowest BCUT2D eigenvalue weighted by Gasteiger charge is -2.32. The Hall–Kier alpha value is -2.68. The lowest BCUT2D eigenvalue weighted by atomic mass is 9.97. The van der Waals surface area contributed by atoms with Gasteiger partial charge in [-0.25, -0.2) is 4.39 Å². The topological polar surface area (TPSA) is 87.2 Å². The zero-order valence-corrected chi connectivity index (χ0v) is 17.8. The molecule has 3 rings (SSSR count). The van der Waals surface area contributed by atoms with Crippen LogP contribution in [0.15, 0.2) is 41.4 Å². The van der Waals surface area contributed by atoms with Crippen LogP contribution in [0.25, 0.3) is 0 Å². The standard InChI is InChI=1S/C21H26FN5O2S/c1-2-11-23-21(29)15-4-3-12-27(13-15)18-9-10-20(26-25-18)30-14-19(28)24-17-7-5-16(22)6-8-17/h5-10,15H,2-4,11-14H2,1H3,(H,23,29)(H,24,28). The van der Waals surface area contributed by atoms with Crippen LogP contribution >= 0.6 is 11.8 Å². The van der Waals surface area contributed by atoms with E-state index in [9.17, 15) is 14.0 Å². The van der Waals surface area contributed by atoms with Crippen molar-refractivity contribution < 1.29 is 14.0 Å². The highest BCUT2D eigenvalue weighted by molar-refractivity contribution is 7.99. The van der Waals surface area contributed by atoms with Gasteiger partial charge in [0.2, 0.25) is 11.8 Å². The molecule has 0 saturated carbocycles. The first-order valence-electron chi connectivity index (χ1n) is 10.1. The second-order valence-electron chi connectivity index (χ2n) is 7.15. The number of piperidine rings is 1. The number of anilines is 2. The van der Waals surface area contributed by atoms with Crippen molar-refractivity contribution in [2.45, 2.75) is 31.2 Å². The summed E-state index contributed by atoms with van der Waals surface area (Å²) >= 11 is 1.28. The average molecular weight is 432 g/mol. The van der Waals surface area contributed by atoms with Crippen LogP contribution in [0, 0.1) is 11.7 Å². The first kappa shape index (κ1) is 22.0. The van der Waals surface area contributed by atoms with Crippen molar-refractivity contribution in [1.82, 2.24) is 15.5 Å². The summed E-state index contributed by atoms with van der Waals surface area (Å²) < 4.78 is 12.9. The van der Waals surface area contributed by atoms with Gasteiger partial charge in [0.05, 0.1) is 11.7 Å². The maximum atomic E-state index is 12.9. The molecular formula is C21H26FN5O2S. The number of nitrogens with one attached hydrogen (secondary N) is 2. The number of carbonyl (C=O) groups excluding carboxylic acids is 2. The number of thioether (sulfide) groups is 1. The van der Waals surface area contributed by atoms with Crippen LogP contribution in [-0.4, -0.2) is 47.4 Å². The molecule has 9 heteroatoms. The fourth-order valence-corrected chi connectivity index (χ4v) is 3.83. The highest BCUT2D eigenvalue weighted by Gasteiger charge is 2.26. The molecule has 0 aliphatic carbocycles. The zero-order valence-electron chi connectivity index (χ0n) is 16.9. The summed E-state index contributed by atoms with van der Waals surface area (Å²) in [5.41, 5.74) is 0.547. The molecule has 160 valence electrons. The van der Waals surface area contributed by atoms with Gasteiger partial charge in [-0.1, -0.05) is 18.7 Å². The maximum Gasteiger partial charge on any atom is 0.234 e. The number of hydrogen-bond acceptors (Lipinski definition) is 6. The Labute approximate surface area is 179 Å². The smallest absolute Gasteiger partial charge is 0.234 e. The molecule has 1 aliphatic heterocycles. The van der Waals surface area contributed by atoms with E-state index in [0.717, 1.165) is 31.6 Å². The lowest BCUT2D eigenvalue weighted by molar-refractivity contribution is -0.125. The van der Waals surface area contributed by atoms with E-state index in [0.29, 0.717) is 23.8 Å². The van der Waals surface area contributed by atoms with E-state index in [4.69, 9.17) is 0 Å². The van der Waals surface area contributed by atoms with E-state index in [1.54, 1.807) is 0 Å². The van der Waals surface area contributed by atoms with Crippen LogP contribution < -0.4 is 15.5 Å². The summed E-state index contributed by atoms with van der Waals surface area (Å²) in [5, 5.41) is 14.8. The van der Waals surface area contributed by atoms with Gasteiger partial charge in [-0.3, -0.25) is 9.59 Å². The summed E-state index contributed by atoms with van der Waals surface area (Å²) in [6, 6.07) is 9.33. The molecule has 1 aliphatic rings. The van der Waals surface area contributed by atoms with Crippen molar-refractivity contribution in [2.75, 3.05) is 35.6 Å². The molecule has 1 atom stereocenters. The molecule has 1 aromatic heterocycles. The molecule has 1 unspecified atom stereocenters. The molecule has 2 aromatic rings. The lowest BCUT2D eigenvalue weighted by Crippen LogP contribution is -2.43. The summed E-state index contributed by atoms with van der Waals surface area (Å²) in [7, 11) is 0. The van der Waals surface area contributed by atoms with Gasteiger partial charge < -0.3 is 15.5 Å². The number of carbonyl (C=O) groups is 2. The zero-order chi connectivity index (χ0) is 21.3. The Morgan fingerprint density at radius 1 is 1.20 bits per heavy atom. The van der Waals surface area contributed by atoms with Gasteiger partial charge in [0.25, 0.3) is 0 Å². The number of hydrogen-bond donors (Lipinski definition) is 2. The highest BCUT2D eigenvalue weighted by atomic mass is 32.2. The summed E-state index contributed by atoms with van der Waals surface area (Å²) in [6.45, 7) is 4.22. The third-order valence-electron chi connectivity index (χ3n) is 4.77. The Bertz CT molecular complexity index is 847. The number of halogens is 1. The Morgan fingerprint density at radius 3 is 2.70 bits per heavy atom. The van der Waals surface area contributed by atoms with Crippen molar-refractivity contribution in [1.29, 1.82) is 0 Å². The molecule has 2 amide bonds. The van der Waals surface area contributed by atoms with Gasteiger partial charge in [-0.05, 0) is 55.7 Å². The fourth-order valence-electron chi connectivity index (χ4n) is 3.22. The molecular weight excluding hydrogens is 405 g/mol. The van der Waals surface area contributed by atoms with Crippen LogP contribution in [0.5, 0.6) is 0 Å². The monoisotopic (exact) mass is 431 g/mol. The largest absolute Gasteiger partial charge is 0.356 e. The number of rotatable bonds is 8. The quantitative estimate of drug-likeness (QED) is 0.625. The van der Waals surface area contributed by atoms with Crippen molar-refractivity contribution in [2.24, 2.45) is 5.92 Å². The van der Waals surface area contributed by atoms with E-state index in [-0.39, 0.29) is 29.3 Å². The molecule has 1 saturated heterocycles. The van der Waals surface area contributed by atoms with Crippen molar-refractivity contribution in [3.05, 3.63) is 42.2 Å². The molecule has 0 spiro atoms. The van der Waals surface area contributed by atoms with Gasteiger partial charge >= 0.3 is 0 Å². The molecule has 2 heterocycles. The van der Waals surface area contributed by atoms with Crippen LogP contribution in [0.4, 0.5) is 15.9 Å². The van der Waals surface area contributed by atoms with Crippen LogP contribution in [0.3, 0.4) is 0 Å². The van der Waals surface area contributed by atoms with Gasteiger partial charge in [0.1, 0.15) is 10.8 Å². The second kappa shape index (κ2) is 10.9.